The van der Waals surface area contributed by atoms with Crippen LogP contribution in [0.4, 0.5) is 5.82 Å². The Labute approximate surface area is 165 Å². The molecule has 0 spiro atoms. The molecule has 1 N–H and O–H groups in total. The van der Waals surface area contributed by atoms with Crippen molar-refractivity contribution in [1.29, 1.82) is 0 Å². The fourth-order valence-electron chi connectivity index (χ4n) is 4.45. The first kappa shape index (κ1) is 18.9. The molecule has 0 saturated carbocycles. The number of hydrogen-bond donors (Lipinski definition) is 1. The number of carbonyl (C=O) groups excluding carboxylic acids is 1. The Bertz CT molecular complexity index is 836. The van der Waals surface area contributed by atoms with Crippen LogP contribution in [0, 0.1) is 5.92 Å². The third-order valence-electron chi connectivity index (χ3n) is 5.80. The maximum absolute atomic E-state index is 12.7. The van der Waals surface area contributed by atoms with Gasteiger partial charge in [0.05, 0.1) is 18.8 Å². The number of anilines is 1. The minimum atomic E-state index is 0.00140. The average molecular weight is 384 g/mol. The van der Waals surface area contributed by atoms with Crippen LogP contribution in [0.3, 0.4) is 0 Å². The van der Waals surface area contributed by atoms with Gasteiger partial charge in [-0.05, 0) is 25.7 Å². The van der Waals surface area contributed by atoms with Crippen LogP contribution in [0.15, 0.2) is 18.7 Å². The normalized spacial score (nSPS) is 21.8. The molecular weight excluding hydrogens is 356 g/mol. The number of nitrogens with zero attached hydrogens (tertiary/aromatic N) is 5. The fraction of sp³-hybridized carbons (Fsp3) is 0.600. The molecule has 1 fully saturated rings. The zero-order valence-corrected chi connectivity index (χ0v) is 16.6. The number of likely N-dealkylation sites (tertiary alicyclic amines) is 1. The molecule has 8 heteroatoms. The molecule has 0 radical (unpaired) electrons. The minimum absolute atomic E-state index is 0.00140. The Morgan fingerprint density at radius 3 is 2.93 bits per heavy atom. The van der Waals surface area contributed by atoms with Gasteiger partial charge in [-0.2, -0.15) is 5.10 Å². The average Bonchev–Trinajstić information content (AvgIpc) is 3.27. The van der Waals surface area contributed by atoms with Gasteiger partial charge in [0.25, 0.3) is 0 Å². The summed E-state index contributed by atoms with van der Waals surface area (Å²) in [5, 5.41) is 7.85. The lowest BCUT2D eigenvalue weighted by Gasteiger charge is -2.28. The van der Waals surface area contributed by atoms with Gasteiger partial charge >= 0.3 is 0 Å². The first-order valence-corrected chi connectivity index (χ1v) is 10.0. The number of fused-ring (bicyclic) bond motifs is 1. The summed E-state index contributed by atoms with van der Waals surface area (Å²) in [6.07, 6.45) is 10.5. The summed E-state index contributed by atoms with van der Waals surface area (Å²) in [6.45, 7) is 1.81. The van der Waals surface area contributed by atoms with E-state index in [1.54, 1.807) is 18.1 Å². The van der Waals surface area contributed by atoms with Crippen molar-refractivity contribution in [3.8, 4) is 0 Å². The molecule has 0 unspecified atom stereocenters. The molecule has 2 aromatic rings. The molecule has 2 aliphatic rings. The van der Waals surface area contributed by atoms with E-state index in [4.69, 9.17) is 4.74 Å². The zero-order chi connectivity index (χ0) is 19.5. The molecule has 4 rings (SSSR count). The summed E-state index contributed by atoms with van der Waals surface area (Å²) < 4.78 is 7.01. The molecule has 150 valence electrons. The van der Waals surface area contributed by atoms with Gasteiger partial charge in [-0.1, -0.05) is 0 Å². The summed E-state index contributed by atoms with van der Waals surface area (Å²) in [6, 6.07) is 0.00140. The molecule has 8 nitrogen and oxygen atoms in total. The highest BCUT2D eigenvalue weighted by molar-refractivity contribution is 5.79. The second-order valence-corrected chi connectivity index (χ2v) is 7.67. The minimum Gasteiger partial charge on any atom is -0.383 e. The molecule has 1 amide bonds. The van der Waals surface area contributed by atoms with E-state index >= 15 is 0 Å². The summed E-state index contributed by atoms with van der Waals surface area (Å²) in [4.78, 5) is 23.6. The van der Waals surface area contributed by atoms with Gasteiger partial charge in [0, 0.05) is 62.6 Å². The molecule has 3 heterocycles. The van der Waals surface area contributed by atoms with Crippen molar-refractivity contribution in [2.24, 2.45) is 13.0 Å². The van der Waals surface area contributed by atoms with Crippen molar-refractivity contribution in [1.82, 2.24) is 24.6 Å². The molecule has 2 atom stereocenters. The van der Waals surface area contributed by atoms with E-state index in [1.165, 1.54) is 18.4 Å². The van der Waals surface area contributed by atoms with Crippen LogP contribution in [-0.4, -0.2) is 57.4 Å². The zero-order valence-electron chi connectivity index (χ0n) is 16.6. The highest BCUT2D eigenvalue weighted by Gasteiger charge is 2.41. The molecular formula is C20H28N6O2. The van der Waals surface area contributed by atoms with E-state index in [1.807, 2.05) is 24.3 Å². The lowest BCUT2D eigenvalue weighted by atomic mass is 9.94. The van der Waals surface area contributed by atoms with Crippen LogP contribution in [0.2, 0.25) is 0 Å². The van der Waals surface area contributed by atoms with E-state index in [0.717, 1.165) is 29.9 Å². The van der Waals surface area contributed by atoms with E-state index in [0.29, 0.717) is 26.1 Å². The number of aromatic nitrogens is 4. The van der Waals surface area contributed by atoms with Gasteiger partial charge in [-0.3, -0.25) is 9.48 Å². The molecule has 28 heavy (non-hydrogen) atoms. The van der Waals surface area contributed by atoms with Crippen molar-refractivity contribution in [2.45, 2.75) is 38.1 Å². The molecule has 0 aromatic carbocycles. The second-order valence-electron chi connectivity index (χ2n) is 7.67. The van der Waals surface area contributed by atoms with Crippen LogP contribution in [-0.2, 0) is 29.4 Å². The maximum Gasteiger partial charge on any atom is 0.223 e. The predicted octanol–water partition coefficient (Wildman–Crippen LogP) is 1.74. The van der Waals surface area contributed by atoms with E-state index in [9.17, 15) is 4.79 Å². The monoisotopic (exact) mass is 384 g/mol. The standard InChI is InChI=1S/C20H28N6O2/c1-25-12-15(11-24-25)19-14(9-18(27)26(19)7-8-28-2)10-21-20-16-5-3-4-6-17(16)22-13-23-20/h11-14,19H,3-10H2,1-2H3,(H,21,22,23)/t14-,19+/m0/s1. The highest BCUT2D eigenvalue weighted by Crippen LogP contribution is 2.38. The van der Waals surface area contributed by atoms with Crippen molar-refractivity contribution in [3.63, 3.8) is 0 Å². The molecule has 0 bridgehead atoms. The number of methoxy groups -OCH3 is 1. The number of aryl methyl sites for hydroxylation is 2. The molecule has 1 aliphatic carbocycles. The Morgan fingerprint density at radius 1 is 1.29 bits per heavy atom. The van der Waals surface area contributed by atoms with E-state index in [-0.39, 0.29) is 17.9 Å². The van der Waals surface area contributed by atoms with Crippen LogP contribution >= 0.6 is 0 Å². The largest absolute Gasteiger partial charge is 0.383 e. The Morgan fingerprint density at radius 2 is 2.14 bits per heavy atom. The number of amides is 1. The summed E-state index contributed by atoms with van der Waals surface area (Å²) in [7, 11) is 3.57. The van der Waals surface area contributed by atoms with Gasteiger partial charge in [-0.25, -0.2) is 9.97 Å². The number of hydrogen-bond acceptors (Lipinski definition) is 6. The summed E-state index contributed by atoms with van der Waals surface area (Å²) in [5.41, 5.74) is 3.48. The Hall–Kier alpha value is -2.48. The van der Waals surface area contributed by atoms with Crippen molar-refractivity contribution >= 4 is 11.7 Å². The highest BCUT2D eigenvalue weighted by atomic mass is 16.5. The third-order valence-corrected chi connectivity index (χ3v) is 5.80. The second kappa shape index (κ2) is 8.26. The smallest absolute Gasteiger partial charge is 0.223 e. The first-order chi connectivity index (χ1) is 13.7. The Kier molecular flexibility index (Phi) is 5.57. The first-order valence-electron chi connectivity index (χ1n) is 10.0. The lowest BCUT2D eigenvalue weighted by molar-refractivity contribution is -0.129. The third kappa shape index (κ3) is 3.73. The topological polar surface area (TPSA) is 85.2 Å². The van der Waals surface area contributed by atoms with Crippen molar-refractivity contribution in [3.05, 3.63) is 35.5 Å². The van der Waals surface area contributed by atoms with Crippen LogP contribution in [0.5, 0.6) is 0 Å². The van der Waals surface area contributed by atoms with Crippen LogP contribution in [0.25, 0.3) is 0 Å². The SMILES string of the molecule is COCCN1C(=O)C[C@@H](CNc2ncnc3c2CCCC3)[C@@H]1c1cnn(C)c1. The van der Waals surface area contributed by atoms with E-state index in [2.05, 4.69) is 20.4 Å². The van der Waals surface area contributed by atoms with Crippen molar-refractivity contribution in [2.75, 3.05) is 32.1 Å². The van der Waals surface area contributed by atoms with Gasteiger partial charge in [0.1, 0.15) is 12.1 Å². The van der Waals surface area contributed by atoms with Gasteiger partial charge in [0.2, 0.25) is 5.91 Å². The lowest BCUT2D eigenvalue weighted by Crippen LogP contribution is -2.33. The predicted molar refractivity (Wildman–Crippen MR) is 105 cm³/mol. The quantitative estimate of drug-likeness (QED) is 0.783. The van der Waals surface area contributed by atoms with Crippen molar-refractivity contribution < 1.29 is 9.53 Å². The summed E-state index contributed by atoms with van der Waals surface area (Å²) in [5.74, 6) is 1.25. The Balaban J connectivity index is 1.53. The molecule has 2 aromatic heterocycles. The summed E-state index contributed by atoms with van der Waals surface area (Å²) >= 11 is 0. The van der Waals surface area contributed by atoms with Crippen LogP contribution < -0.4 is 5.32 Å². The molecule has 1 aliphatic heterocycles. The number of nitrogens with one attached hydrogen (secondary N) is 1. The van der Waals surface area contributed by atoms with Gasteiger partial charge in [0.15, 0.2) is 0 Å². The number of rotatable bonds is 7. The fourth-order valence-corrected chi connectivity index (χ4v) is 4.45. The number of ether oxygens (including phenoxy) is 1. The van der Waals surface area contributed by atoms with Gasteiger partial charge in [-0.15, -0.1) is 0 Å². The van der Waals surface area contributed by atoms with Crippen LogP contribution in [0.1, 0.15) is 42.1 Å². The number of carbonyl (C=O) groups is 1. The maximum atomic E-state index is 12.7. The molecule has 1 saturated heterocycles. The van der Waals surface area contributed by atoms with Gasteiger partial charge < -0.3 is 15.0 Å². The van der Waals surface area contributed by atoms with E-state index < -0.39 is 0 Å².